The van der Waals surface area contributed by atoms with Gasteiger partial charge in [0, 0.05) is 74.3 Å². The maximum atomic E-state index is 5.21. The Morgan fingerprint density at radius 1 is 0.377 bits per heavy atom. The average Bonchev–Trinajstić information content (AvgIpc) is 3.69. The lowest BCUT2D eigenvalue weighted by molar-refractivity contribution is 1.20. The van der Waals surface area contributed by atoms with Gasteiger partial charge in [-0.2, -0.15) is 0 Å². The fraction of sp³-hybridized carbons (Fsp3) is 0. The number of imidazole rings is 1. The zero-order chi connectivity index (χ0) is 35.1. The fourth-order valence-electron chi connectivity index (χ4n) is 7.14. The second kappa shape index (κ2) is 12.8. The van der Waals surface area contributed by atoms with Crippen molar-refractivity contribution in [1.29, 1.82) is 0 Å². The van der Waals surface area contributed by atoms with Crippen LogP contribution in [0.5, 0.6) is 0 Å². The molecule has 0 aliphatic carbocycles. The molecule has 6 nitrogen and oxygen atoms in total. The minimum atomic E-state index is 0.877. The van der Waals surface area contributed by atoms with Crippen molar-refractivity contribution in [3.8, 4) is 67.5 Å². The number of hydrogen-bond acceptors (Lipinski definition) is 5. The first-order valence-corrected chi connectivity index (χ1v) is 17.6. The monoisotopic (exact) mass is 678 g/mol. The summed E-state index contributed by atoms with van der Waals surface area (Å²) in [5.41, 5.74) is 13.4. The van der Waals surface area contributed by atoms with E-state index in [4.69, 9.17) is 15.0 Å². The summed E-state index contributed by atoms with van der Waals surface area (Å²) in [7, 11) is 0. The molecule has 248 valence electrons. The predicted molar refractivity (Wildman–Crippen MR) is 214 cm³/mol. The summed E-state index contributed by atoms with van der Waals surface area (Å²) >= 11 is 0. The molecule has 0 atom stereocenters. The van der Waals surface area contributed by atoms with E-state index in [1.807, 2.05) is 73.1 Å². The van der Waals surface area contributed by atoms with E-state index in [-0.39, 0.29) is 0 Å². The first-order chi connectivity index (χ1) is 26.2. The van der Waals surface area contributed by atoms with Crippen molar-refractivity contribution >= 4 is 27.3 Å². The van der Waals surface area contributed by atoms with Crippen molar-refractivity contribution in [2.24, 2.45) is 0 Å². The Hall–Kier alpha value is -7.31. The minimum absolute atomic E-state index is 0.877. The van der Waals surface area contributed by atoms with E-state index in [1.54, 1.807) is 0 Å². The first-order valence-electron chi connectivity index (χ1n) is 17.6. The normalized spacial score (nSPS) is 11.4. The highest BCUT2D eigenvalue weighted by Gasteiger charge is 2.16. The number of fused-ring (bicyclic) bond motifs is 5. The van der Waals surface area contributed by atoms with E-state index in [2.05, 4.69) is 124 Å². The third-order valence-corrected chi connectivity index (χ3v) is 9.71. The van der Waals surface area contributed by atoms with E-state index in [1.165, 1.54) is 0 Å². The van der Waals surface area contributed by atoms with Crippen molar-refractivity contribution in [2.75, 3.05) is 0 Å². The van der Waals surface area contributed by atoms with Crippen LogP contribution < -0.4 is 0 Å². The molecule has 53 heavy (non-hydrogen) atoms. The quantitative estimate of drug-likeness (QED) is 0.164. The Morgan fingerprint density at radius 3 is 1.66 bits per heavy atom. The van der Waals surface area contributed by atoms with Crippen LogP contribution in [-0.2, 0) is 0 Å². The molecule has 0 saturated carbocycles. The number of rotatable bonds is 6. The topological polar surface area (TPSA) is 68.9 Å². The van der Waals surface area contributed by atoms with Crippen LogP contribution in [0.15, 0.2) is 183 Å². The average molecular weight is 679 g/mol. The van der Waals surface area contributed by atoms with E-state index in [0.29, 0.717) is 0 Å². The van der Waals surface area contributed by atoms with Crippen molar-refractivity contribution < 1.29 is 0 Å². The van der Waals surface area contributed by atoms with Gasteiger partial charge in [0.2, 0.25) is 0 Å². The smallest absolute Gasteiger partial charge is 0.146 e. The number of hydrogen-bond donors (Lipinski definition) is 0. The lowest BCUT2D eigenvalue weighted by Crippen LogP contribution is -1.94. The van der Waals surface area contributed by atoms with Crippen LogP contribution in [0.2, 0.25) is 0 Å². The molecule has 6 heterocycles. The summed E-state index contributed by atoms with van der Waals surface area (Å²) < 4.78 is 2.12. The molecule has 0 radical (unpaired) electrons. The summed E-state index contributed by atoms with van der Waals surface area (Å²) in [5, 5.41) is 3.23. The van der Waals surface area contributed by atoms with Crippen LogP contribution in [-0.4, -0.2) is 29.3 Å². The van der Waals surface area contributed by atoms with Crippen molar-refractivity contribution in [2.45, 2.75) is 0 Å². The third-order valence-electron chi connectivity index (χ3n) is 9.71. The molecule has 4 aromatic carbocycles. The molecule has 6 heteroatoms. The largest absolute Gasteiger partial charge is 0.306 e. The fourth-order valence-corrected chi connectivity index (χ4v) is 7.14. The highest BCUT2D eigenvalue weighted by molar-refractivity contribution is 6.16. The Morgan fingerprint density at radius 2 is 0.962 bits per heavy atom. The third kappa shape index (κ3) is 5.59. The van der Waals surface area contributed by atoms with Gasteiger partial charge in [0.15, 0.2) is 0 Å². The SMILES string of the molecule is c1ccc(-c2cn3ccc4c(-c5ccc(-c6cccc(-c7cc(-c8ccccn8)cc(-c8ccccn8)c7)n6)cc5)nc5ccccc5c4c3n2)cc1. The number of para-hydroxylation sites is 1. The van der Waals surface area contributed by atoms with Gasteiger partial charge in [-0.3, -0.25) is 9.97 Å². The highest BCUT2D eigenvalue weighted by atomic mass is 15.0. The zero-order valence-electron chi connectivity index (χ0n) is 28.5. The Labute approximate surface area is 305 Å². The van der Waals surface area contributed by atoms with E-state index < -0.39 is 0 Å². The molecule has 0 fully saturated rings. The second-order valence-corrected chi connectivity index (χ2v) is 13.0. The number of aromatic nitrogens is 6. The van der Waals surface area contributed by atoms with Gasteiger partial charge in [-0.05, 0) is 66.7 Å². The first kappa shape index (κ1) is 30.5. The van der Waals surface area contributed by atoms with Gasteiger partial charge in [-0.1, -0.05) is 91.0 Å². The van der Waals surface area contributed by atoms with Gasteiger partial charge in [-0.25, -0.2) is 15.0 Å². The number of benzene rings is 4. The maximum Gasteiger partial charge on any atom is 0.146 e. The van der Waals surface area contributed by atoms with Gasteiger partial charge in [0.1, 0.15) is 5.65 Å². The van der Waals surface area contributed by atoms with Crippen LogP contribution in [0, 0.1) is 0 Å². The predicted octanol–water partition coefficient (Wildman–Crippen LogP) is 11.2. The summed E-state index contributed by atoms with van der Waals surface area (Å²) in [6.45, 7) is 0. The van der Waals surface area contributed by atoms with E-state index in [9.17, 15) is 0 Å². The van der Waals surface area contributed by atoms with Crippen LogP contribution >= 0.6 is 0 Å². The molecule has 0 unspecified atom stereocenters. The number of pyridine rings is 5. The molecular weight excluding hydrogens is 649 g/mol. The van der Waals surface area contributed by atoms with Crippen molar-refractivity contribution in [3.63, 3.8) is 0 Å². The molecule has 0 aliphatic heterocycles. The van der Waals surface area contributed by atoms with Crippen LogP contribution in [0.1, 0.15) is 0 Å². The molecule has 0 spiro atoms. The molecule has 10 rings (SSSR count). The van der Waals surface area contributed by atoms with Gasteiger partial charge < -0.3 is 4.40 Å². The van der Waals surface area contributed by atoms with Crippen LogP contribution in [0.4, 0.5) is 0 Å². The second-order valence-electron chi connectivity index (χ2n) is 13.0. The van der Waals surface area contributed by atoms with Crippen LogP contribution in [0.3, 0.4) is 0 Å². The van der Waals surface area contributed by atoms with Gasteiger partial charge in [0.05, 0.1) is 39.7 Å². The molecule has 10 aromatic rings. The Balaban J connectivity index is 1.05. The Bertz CT molecular complexity index is 2860. The van der Waals surface area contributed by atoms with Crippen molar-refractivity contribution in [1.82, 2.24) is 29.3 Å². The van der Waals surface area contributed by atoms with Gasteiger partial charge in [0.25, 0.3) is 0 Å². The standard InChI is InChI=1S/C47H30N6/c1-2-11-31(12-3-1)44-30-53-26-23-38-45(47(53)52-44)37-13-4-5-16-43(37)51-46(38)33-21-19-32(20-22-33)41-17-10-18-42(50-41)36-28-34(39-14-6-8-24-48-39)27-35(29-36)40-15-7-9-25-49-40/h1-30H. The zero-order valence-corrected chi connectivity index (χ0v) is 28.5. The minimum Gasteiger partial charge on any atom is -0.306 e. The lowest BCUT2D eigenvalue weighted by atomic mass is 9.98. The maximum absolute atomic E-state index is 5.21. The molecule has 0 amide bonds. The molecule has 0 N–H and O–H groups in total. The summed E-state index contributed by atoms with van der Waals surface area (Å²) in [6.07, 6.45) is 7.83. The lowest BCUT2D eigenvalue weighted by Gasteiger charge is -2.12. The summed E-state index contributed by atoms with van der Waals surface area (Å²) in [6, 6.07) is 53.9. The summed E-state index contributed by atoms with van der Waals surface area (Å²) in [4.78, 5) is 24.8. The van der Waals surface area contributed by atoms with Gasteiger partial charge >= 0.3 is 0 Å². The highest BCUT2D eigenvalue weighted by Crippen LogP contribution is 2.37. The summed E-state index contributed by atoms with van der Waals surface area (Å²) in [5.74, 6) is 0. The molecule has 6 aromatic heterocycles. The molecule has 0 bridgehead atoms. The van der Waals surface area contributed by atoms with E-state index >= 15 is 0 Å². The molecule has 0 aliphatic rings. The molecule has 0 saturated heterocycles. The van der Waals surface area contributed by atoms with Crippen molar-refractivity contribution in [3.05, 3.63) is 183 Å². The van der Waals surface area contributed by atoms with E-state index in [0.717, 1.165) is 94.9 Å². The van der Waals surface area contributed by atoms with Crippen LogP contribution in [0.25, 0.3) is 94.9 Å². The molecular formula is C47H30N6. The Kier molecular flexibility index (Phi) is 7.36. The number of nitrogens with zero attached hydrogens (tertiary/aromatic N) is 6. The van der Waals surface area contributed by atoms with Gasteiger partial charge in [-0.15, -0.1) is 0 Å².